The van der Waals surface area contributed by atoms with Crippen LogP contribution in [0.1, 0.15) is 51.6 Å². The first-order chi connectivity index (χ1) is 17.9. The van der Waals surface area contributed by atoms with E-state index in [0.29, 0.717) is 29.2 Å². The summed E-state index contributed by atoms with van der Waals surface area (Å²) >= 11 is 12.1. The maximum Gasteiger partial charge on any atom is 0.165 e. The lowest BCUT2D eigenvalue weighted by Crippen LogP contribution is -2.18. The molecule has 3 aromatic rings. The Morgan fingerprint density at radius 2 is 1.95 bits per heavy atom. The SMILES string of the molecule is C/C(=C/C(OCc1ncc(F)cc1Cl)=C(/Cl)C=O)N(C)c1cc(-n2ccc(C(C)(C)O)n2)ncc1C.CC. The highest BCUT2D eigenvalue weighted by molar-refractivity contribution is 6.39. The summed E-state index contributed by atoms with van der Waals surface area (Å²) in [5, 5.41) is 14.6. The minimum atomic E-state index is -1.08. The number of aliphatic hydroxyl groups is 1. The zero-order valence-electron chi connectivity index (χ0n) is 22.5. The van der Waals surface area contributed by atoms with E-state index in [4.69, 9.17) is 27.9 Å². The minimum Gasteiger partial charge on any atom is -0.485 e. The van der Waals surface area contributed by atoms with Crippen LogP contribution in [-0.2, 0) is 21.7 Å². The van der Waals surface area contributed by atoms with Gasteiger partial charge in [0.15, 0.2) is 12.1 Å². The van der Waals surface area contributed by atoms with Crippen LogP contribution in [0.3, 0.4) is 0 Å². The van der Waals surface area contributed by atoms with Crippen molar-refractivity contribution in [2.75, 3.05) is 11.9 Å². The number of carbonyl (C=O) groups is 1. The van der Waals surface area contributed by atoms with E-state index in [-0.39, 0.29) is 22.4 Å². The summed E-state index contributed by atoms with van der Waals surface area (Å²) in [4.78, 5) is 21.6. The Morgan fingerprint density at radius 3 is 2.53 bits per heavy atom. The van der Waals surface area contributed by atoms with Crippen LogP contribution in [0.25, 0.3) is 5.82 Å². The molecule has 0 atom stereocenters. The predicted octanol–water partition coefficient (Wildman–Crippen LogP) is 6.22. The smallest absolute Gasteiger partial charge is 0.165 e. The number of nitrogens with zero attached hydrogens (tertiary/aromatic N) is 5. The molecule has 38 heavy (non-hydrogen) atoms. The monoisotopic (exact) mass is 563 g/mol. The van der Waals surface area contributed by atoms with Gasteiger partial charge in [-0.15, -0.1) is 0 Å². The lowest BCUT2D eigenvalue weighted by molar-refractivity contribution is -0.104. The average molecular weight is 564 g/mol. The van der Waals surface area contributed by atoms with Crippen molar-refractivity contribution in [3.05, 3.63) is 87.1 Å². The third-order valence-electron chi connectivity index (χ3n) is 5.33. The van der Waals surface area contributed by atoms with E-state index in [1.54, 1.807) is 43.1 Å². The Bertz CT molecular complexity index is 1330. The van der Waals surface area contributed by atoms with Gasteiger partial charge in [-0.1, -0.05) is 37.0 Å². The zero-order chi connectivity index (χ0) is 28.6. The van der Waals surface area contributed by atoms with E-state index in [0.717, 1.165) is 23.5 Å². The Kier molecular flexibility index (Phi) is 11.0. The van der Waals surface area contributed by atoms with Crippen molar-refractivity contribution in [2.45, 2.75) is 53.8 Å². The molecule has 1 N–H and O–H groups in total. The van der Waals surface area contributed by atoms with E-state index >= 15 is 0 Å². The van der Waals surface area contributed by atoms with Crippen molar-refractivity contribution < 1.29 is 19.0 Å². The number of aromatic nitrogens is 4. The molecule has 0 aliphatic rings. The summed E-state index contributed by atoms with van der Waals surface area (Å²) < 4.78 is 20.6. The molecule has 0 aliphatic carbocycles. The second-order valence-corrected chi connectivity index (χ2v) is 9.39. The van der Waals surface area contributed by atoms with E-state index in [1.165, 1.54) is 0 Å². The van der Waals surface area contributed by atoms with Gasteiger partial charge in [0.2, 0.25) is 0 Å². The minimum absolute atomic E-state index is 0.0979. The molecule has 204 valence electrons. The number of aryl methyl sites for hydroxylation is 1. The van der Waals surface area contributed by atoms with Gasteiger partial charge < -0.3 is 14.7 Å². The van der Waals surface area contributed by atoms with Crippen molar-refractivity contribution in [1.82, 2.24) is 19.7 Å². The summed E-state index contributed by atoms with van der Waals surface area (Å²) in [6.45, 7) is 10.9. The molecule has 0 aliphatic heterocycles. The lowest BCUT2D eigenvalue weighted by Gasteiger charge is -2.23. The third-order valence-corrected chi connectivity index (χ3v) is 5.93. The Balaban J connectivity index is 0.00000247. The van der Waals surface area contributed by atoms with Gasteiger partial charge >= 0.3 is 0 Å². The fourth-order valence-corrected chi connectivity index (χ4v) is 3.49. The summed E-state index contributed by atoms with van der Waals surface area (Å²) in [7, 11) is 1.84. The summed E-state index contributed by atoms with van der Waals surface area (Å²) in [5.74, 6) is 0.0917. The highest BCUT2D eigenvalue weighted by Crippen LogP contribution is 2.26. The van der Waals surface area contributed by atoms with E-state index in [2.05, 4.69) is 15.1 Å². The van der Waals surface area contributed by atoms with Gasteiger partial charge in [-0.3, -0.25) is 9.78 Å². The average Bonchev–Trinajstić information content (AvgIpc) is 3.39. The number of aldehydes is 1. The van der Waals surface area contributed by atoms with E-state index in [9.17, 15) is 14.3 Å². The summed E-state index contributed by atoms with van der Waals surface area (Å²) in [6.07, 6.45) is 6.54. The number of rotatable bonds is 9. The number of pyridine rings is 2. The van der Waals surface area contributed by atoms with Crippen LogP contribution in [-0.4, -0.2) is 38.2 Å². The number of anilines is 1. The van der Waals surface area contributed by atoms with E-state index < -0.39 is 11.4 Å². The van der Waals surface area contributed by atoms with Gasteiger partial charge in [-0.2, -0.15) is 5.10 Å². The van der Waals surface area contributed by atoms with Crippen LogP contribution in [0, 0.1) is 12.7 Å². The summed E-state index contributed by atoms with van der Waals surface area (Å²) in [6, 6.07) is 4.70. The van der Waals surface area contributed by atoms with Crippen LogP contribution in [0.5, 0.6) is 0 Å². The standard InChI is InChI=1S/C25H26Cl2FN5O3.C2H6/c1-15-11-30-24(33-7-6-23(31-33)25(3,4)35)10-21(15)32(5)16(2)8-22(19(27)13-34)36-14-20-18(26)9-17(28)12-29-20;1-2/h6-13,35H,14H2,1-5H3;1-2H3/b16-8-,22-19-;. The van der Waals surface area contributed by atoms with Crippen LogP contribution >= 0.6 is 23.2 Å². The Hall–Kier alpha value is -3.27. The molecular formula is C27H32Cl2FN5O3. The first-order valence-electron chi connectivity index (χ1n) is 11.9. The van der Waals surface area contributed by atoms with Gasteiger partial charge in [-0.25, -0.2) is 14.1 Å². The van der Waals surface area contributed by atoms with Crippen LogP contribution < -0.4 is 4.90 Å². The molecular weight excluding hydrogens is 532 g/mol. The molecule has 0 unspecified atom stereocenters. The highest BCUT2D eigenvalue weighted by atomic mass is 35.5. The van der Waals surface area contributed by atoms with Gasteiger partial charge in [0.1, 0.15) is 28.8 Å². The molecule has 0 aromatic carbocycles. The fourth-order valence-electron chi connectivity index (χ4n) is 3.18. The zero-order valence-corrected chi connectivity index (χ0v) is 24.0. The number of carbonyl (C=O) groups excluding carboxylic acids is 1. The van der Waals surface area contributed by atoms with Crippen molar-refractivity contribution in [1.29, 1.82) is 0 Å². The number of allylic oxidation sites excluding steroid dienone is 3. The molecule has 0 radical (unpaired) electrons. The normalized spacial score (nSPS) is 12.3. The molecule has 8 nitrogen and oxygen atoms in total. The molecule has 0 spiro atoms. The van der Waals surface area contributed by atoms with Crippen molar-refractivity contribution in [2.24, 2.45) is 0 Å². The Morgan fingerprint density at radius 1 is 1.26 bits per heavy atom. The predicted molar refractivity (Wildman–Crippen MR) is 148 cm³/mol. The number of ether oxygens (including phenoxy) is 1. The fraction of sp³-hybridized carbons (Fsp3) is 0.333. The largest absolute Gasteiger partial charge is 0.485 e. The summed E-state index contributed by atoms with van der Waals surface area (Å²) in [5.41, 5.74) is 2.13. The first-order valence-corrected chi connectivity index (χ1v) is 12.6. The second kappa shape index (κ2) is 13.5. The maximum atomic E-state index is 13.3. The quantitative estimate of drug-likeness (QED) is 0.143. The number of halogens is 3. The topological polar surface area (TPSA) is 93.4 Å². The molecule has 0 amide bonds. The molecule has 0 saturated carbocycles. The molecule has 3 heterocycles. The molecule has 3 aromatic heterocycles. The number of hydrogen-bond acceptors (Lipinski definition) is 7. The molecule has 0 bridgehead atoms. The van der Waals surface area contributed by atoms with Gasteiger partial charge in [-0.05, 0) is 45.4 Å². The van der Waals surface area contributed by atoms with Gasteiger partial charge in [0.05, 0.1) is 22.6 Å². The lowest BCUT2D eigenvalue weighted by atomic mass is 10.1. The molecule has 0 saturated heterocycles. The highest BCUT2D eigenvalue weighted by Gasteiger charge is 2.20. The third kappa shape index (κ3) is 7.86. The molecule has 3 rings (SSSR count). The van der Waals surface area contributed by atoms with Crippen molar-refractivity contribution in [3.8, 4) is 5.82 Å². The first kappa shape index (κ1) is 31.0. The molecule has 11 heteroatoms. The Labute approximate surface area is 232 Å². The second-order valence-electron chi connectivity index (χ2n) is 8.58. The molecule has 0 fully saturated rings. The van der Waals surface area contributed by atoms with Gasteiger partial charge in [0, 0.05) is 43.0 Å². The van der Waals surface area contributed by atoms with Gasteiger partial charge in [0.25, 0.3) is 0 Å². The number of hydrogen-bond donors (Lipinski definition) is 1. The van der Waals surface area contributed by atoms with Crippen LogP contribution in [0.4, 0.5) is 10.1 Å². The van der Waals surface area contributed by atoms with Crippen molar-refractivity contribution in [3.63, 3.8) is 0 Å². The van der Waals surface area contributed by atoms with Crippen LogP contribution in [0.2, 0.25) is 5.02 Å². The maximum absolute atomic E-state index is 13.3. The van der Waals surface area contributed by atoms with Crippen molar-refractivity contribution >= 4 is 35.2 Å². The van der Waals surface area contributed by atoms with E-state index in [1.807, 2.05) is 45.7 Å². The van der Waals surface area contributed by atoms with Crippen LogP contribution in [0.15, 0.2) is 59.4 Å².